The maximum absolute atomic E-state index is 11.6. The smallest absolute Gasteiger partial charge is 0.249 e. The van der Waals surface area contributed by atoms with Gasteiger partial charge in [0.05, 0.1) is 11.9 Å². The zero-order valence-electron chi connectivity index (χ0n) is 11.9. The summed E-state index contributed by atoms with van der Waals surface area (Å²) >= 11 is 0. The molecule has 2 heterocycles. The van der Waals surface area contributed by atoms with Gasteiger partial charge in [0, 0.05) is 20.0 Å². The van der Waals surface area contributed by atoms with E-state index in [0.717, 1.165) is 16.9 Å². The normalized spacial score (nSPS) is 11.1. The van der Waals surface area contributed by atoms with E-state index < -0.39 is 0 Å². The maximum atomic E-state index is 11.6. The van der Waals surface area contributed by atoms with Crippen LogP contribution in [0.5, 0.6) is 0 Å². The number of pyridine rings is 1. The van der Waals surface area contributed by atoms with Gasteiger partial charge in [-0.15, -0.1) is 5.10 Å². The van der Waals surface area contributed by atoms with E-state index in [1.807, 2.05) is 52.0 Å². The summed E-state index contributed by atoms with van der Waals surface area (Å²) in [5.74, 6) is 0.167. The van der Waals surface area contributed by atoms with Gasteiger partial charge in [-0.3, -0.25) is 10.1 Å². The van der Waals surface area contributed by atoms with Crippen LogP contribution in [0, 0.1) is 12.8 Å². The molecule has 0 radical (unpaired) electrons. The fourth-order valence-corrected chi connectivity index (χ4v) is 1.79. The summed E-state index contributed by atoms with van der Waals surface area (Å²) in [7, 11) is 3.96. The second-order valence-electron chi connectivity index (χ2n) is 5.12. The number of hydrogen-bond acceptors (Lipinski definition) is 4. The summed E-state index contributed by atoms with van der Waals surface area (Å²) in [5, 5.41) is 6.97. The molecule has 0 saturated carbocycles. The third-order valence-electron chi connectivity index (χ3n) is 2.89. The number of nitrogens with one attached hydrogen (secondary N) is 1. The first kappa shape index (κ1) is 13.3. The van der Waals surface area contributed by atoms with Gasteiger partial charge in [0.1, 0.15) is 0 Å². The van der Waals surface area contributed by atoms with Gasteiger partial charge >= 0.3 is 0 Å². The number of fused-ring (bicyclic) bond motifs is 1. The van der Waals surface area contributed by atoms with E-state index >= 15 is 0 Å². The van der Waals surface area contributed by atoms with Crippen molar-refractivity contribution < 1.29 is 4.79 Å². The van der Waals surface area contributed by atoms with Crippen LogP contribution in [0.3, 0.4) is 0 Å². The van der Waals surface area contributed by atoms with E-state index in [1.165, 1.54) is 0 Å². The molecule has 2 aromatic heterocycles. The molecule has 102 valence electrons. The minimum absolute atomic E-state index is 0.0829. The average Bonchev–Trinajstić information content (AvgIpc) is 2.68. The second-order valence-corrected chi connectivity index (χ2v) is 5.12. The molecule has 2 rings (SSSR count). The zero-order valence-corrected chi connectivity index (χ0v) is 11.9. The van der Waals surface area contributed by atoms with Crippen LogP contribution in [0.15, 0.2) is 12.3 Å². The van der Waals surface area contributed by atoms with Crippen molar-refractivity contribution in [1.82, 2.24) is 14.6 Å². The number of carbonyl (C=O) groups is 1. The maximum Gasteiger partial charge on any atom is 0.249 e. The Morgan fingerprint density at radius 3 is 2.68 bits per heavy atom. The van der Waals surface area contributed by atoms with Crippen molar-refractivity contribution in [3.63, 3.8) is 0 Å². The van der Waals surface area contributed by atoms with E-state index in [4.69, 9.17) is 0 Å². The molecule has 0 aliphatic carbocycles. The number of nitrogens with zero attached hydrogens (tertiary/aromatic N) is 4. The zero-order chi connectivity index (χ0) is 14.2. The van der Waals surface area contributed by atoms with E-state index in [1.54, 1.807) is 4.52 Å². The highest BCUT2D eigenvalue weighted by Crippen LogP contribution is 2.19. The van der Waals surface area contributed by atoms with Crippen LogP contribution in [-0.4, -0.2) is 34.6 Å². The lowest BCUT2D eigenvalue weighted by Gasteiger charge is -2.14. The highest BCUT2D eigenvalue weighted by atomic mass is 16.2. The lowest BCUT2D eigenvalue weighted by Crippen LogP contribution is -2.18. The summed E-state index contributed by atoms with van der Waals surface area (Å²) < 4.78 is 1.68. The van der Waals surface area contributed by atoms with Crippen LogP contribution in [-0.2, 0) is 4.79 Å². The van der Waals surface area contributed by atoms with E-state index in [2.05, 4.69) is 15.4 Å². The van der Waals surface area contributed by atoms with Gasteiger partial charge in [-0.05, 0) is 18.6 Å². The molecule has 1 N–H and O–H groups in total. The molecular formula is C13H19N5O. The van der Waals surface area contributed by atoms with Crippen molar-refractivity contribution in [2.45, 2.75) is 20.8 Å². The summed E-state index contributed by atoms with van der Waals surface area (Å²) in [4.78, 5) is 17.9. The predicted octanol–water partition coefficient (Wildman–Crippen LogP) is 1.70. The molecule has 0 aliphatic rings. The number of hydrogen-bond donors (Lipinski definition) is 1. The Bertz CT molecular complexity index is 615. The van der Waals surface area contributed by atoms with Crippen molar-refractivity contribution in [2.75, 3.05) is 24.3 Å². The van der Waals surface area contributed by atoms with Gasteiger partial charge in [-0.25, -0.2) is 4.52 Å². The van der Waals surface area contributed by atoms with Crippen molar-refractivity contribution in [1.29, 1.82) is 0 Å². The lowest BCUT2D eigenvalue weighted by molar-refractivity contribution is -0.118. The van der Waals surface area contributed by atoms with Crippen LogP contribution < -0.4 is 10.2 Å². The number of aryl methyl sites for hydroxylation is 1. The first-order valence-electron chi connectivity index (χ1n) is 6.23. The molecular weight excluding hydrogens is 242 g/mol. The Morgan fingerprint density at radius 1 is 1.42 bits per heavy atom. The molecule has 0 saturated heterocycles. The van der Waals surface area contributed by atoms with Gasteiger partial charge in [0.15, 0.2) is 5.65 Å². The third-order valence-corrected chi connectivity index (χ3v) is 2.89. The number of anilines is 2. The van der Waals surface area contributed by atoms with Gasteiger partial charge in [-0.1, -0.05) is 13.8 Å². The average molecular weight is 261 g/mol. The molecule has 2 aromatic rings. The van der Waals surface area contributed by atoms with Crippen molar-refractivity contribution in [2.24, 2.45) is 5.92 Å². The molecule has 0 aliphatic heterocycles. The van der Waals surface area contributed by atoms with Crippen molar-refractivity contribution >= 4 is 23.2 Å². The Morgan fingerprint density at radius 2 is 2.11 bits per heavy atom. The fourth-order valence-electron chi connectivity index (χ4n) is 1.79. The predicted molar refractivity (Wildman–Crippen MR) is 75.5 cm³/mol. The van der Waals surface area contributed by atoms with E-state index in [-0.39, 0.29) is 11.8 Å². The van der Waals surface area contributed by atoms with Gasteiger partial charge in [0.25, 0.3) is 0 Å². The topological polar surface area (TPSA) is 62.5 Å². The molecule has 0 atom stereocenters. The van der Waals surface area contributed by atoms with E-state index in [0.29, 0.717) is 5.95 Å². The molecule has 0 bridgehead atoms. The fraction of sp³-hybridized carbons (Fsp3) is 0.462. The molecule has 0 spiro atoms. The quantitative estimate of drug-likeness (QED) is 0.913. The first-order valence-corrected chi connectivity index (χ1v) is 6.23. The largest absolute Gasteiger partial charge is 0.376 e. The Balaban J connectivity index is 2.38. The second kappa shape index (κ2) is 4.87. The molecule has 6 nitrogen and oxygen atoms in total. The van der Waals surface area contributed by atoms with Crippen molar-refractivity contribution in [3.8, 4) is 0 Å². The highest BCUT2D eigenvalue weighted by Gasteiger charge is 2.12. The number of carbonyl (C=O) groups excluding carboxylic acids is 1. The SMILES string of the molecule is Cc1cc2nc(NC(=O)C(C)C)nn2cc1N(C)C. The van der Waals surface area contributed by atoms with Crippen LogP contribution >= 0.6 is 0 Å². The Labute approximate surface area is 112 Å². The lowest BCUT2D eigenvalue weighted by atomic mass is 10.2. The minimum atomic E-state index is -0.0920. The Hall–Kier alpha value is -2.11. The molecule has 0 fully saturated rings. The third kappa shape index (κ3) is 2.67. The summed E-state index contributed by atoms with van der Waals surface area (Å²) in [5.41, 5.74) is 2.91. The summed E-state index contributed by atoms with van der Waals surface area (Å²) in [6.07, 6.45) is 1.91. The highest BCUT2D eigenvalue weighted by molar-refractivity contribution is 5.90. The minimum Gasteiger partial charge on any atom is -0.376 e. The molecule has 19 heavy (non-hydrogen) atoms. The van der Waals surface area contributed by atoms with Crippen LogP contribution in [0.2, 0.25) is 0 Å². The molecule has 1 amide bonds. The van der Waals surface area contributed by atoms with Crippen LogP contribution in [0.4, 0.5) is 11.6 Å². The standard InChI is InChI=1S/C13H19N5O/c1-8(2)12(19)15-13-14-11-6-9(3)10(17(4)5)7-18(11)16-13/h6-8H,1-5H3,(H,15,16,19). The number of amides is 1. The summed E-state index contributed by atoms with van der Waals surface area (Å²) in [6.45, 7) is 5.69. The Kier molecular flexibility index (Phi) is 3.42. The van der Waals surface area contributed by atoms with Gasteiger partial charge in [0.2, 0.25) is 11.9 Å². The summed E-state index contributed by atoms with van der Waals surface area (Å²) in [6, 6.07) is 1.95. The van der Waals surface area contributed by atoms with Gasteiger partial charge < -0.3 is 4.90 Å². The van der Waals surface area contributed by atoms with Gasteiger partial charge in [-0.2, -0.15) is 4.98 Å². The number of aromatic nitrogens is 3. The molecule has 0 unspecified atom stereocenters. The molecule has 6 heteroatoms. The monoisotopic (exact) mass is 261 g/mol. The van der Waals surface area contributed by atoms with Crippen LogP contribution in [0.1, 0.15) is 19.4 Å². The molecule has 0 aromatic carbocycles. The van der Waals surface area contributed by atoms with E-state index in [9.17, 15) is 4.79 Å². The first-order chi connectivity index (χ1) is 8.88. The van der Waals surface area contributed by atoms with Crippen LogP contribution in [0.25, 0.3) is 5.65 Å². The van der Waals surface area contributed by atoms with Crippen molar-refractivity contribution in [3.05, 3.63) is 17.8 Å². The number of rotatable bonds is 3.